The van der Waals surface area contributed by atoms with Crippen molar-refractivity contribution in [3.63, 3.8) is 0 Å². The largest absolute Gasteiger partial charge is 0.243 e. The number of benzene rings is 1. The highest BCUT2D eigenvalue weighted by Crippen LogP contribution is 2.24. The molecule has 2 rings (SSSR count). The molecule has 0 bridgehead atoms. The van der Waals surface area contributed by atoms with Crippen LogP contribution in [-0.4, -0.2) is 19.8 Å². The molecule has 0 aliphatic rings. The van der Waals surface area contributed by atoms with E-state index in [4.69, 9.17) is 11.6 Å². The molecule has 6 heteroatoms. The van der Waals surface area contributed by atoms with Crippen molar-refractivity contribution in [3.05, 3.63) is 51.7 Å². The summed E-state index contributed by atoms with van der Waals surface area (Å²) in [6.45, 7) is 0.328. The summed E-state index contributed by atoms with van der Waals surface area (Å²) in [4.78, 5) is 1.22. The van der Waals surface area contributed by atoms with Crippen molar-refractivity contribution in [2.75, 3.05) is 7.05 Å². The number of hydrogen-bond donors (Lipinski definition) is 0. The van der Waals surface area contributed by atoms with Gasteiger partial charge in [-0.15, -0.1) is 11.3 Å². The molecule has 0 unspecified atom stereocenters. The minimum absolute atomic E-state index is 0.301. The Balaban J connectivity index is 2.21. The summed E-state index contributed by atoms with van der Waals surface area (Å²) < 4.78 is 26.5. The first kappa shape index (κ1) is 13.5. The summed E-state index contributed by atoms with van der Waals surface area (Å²) in [5.74, 6) is 0. The summed E-state index contributed by atoms with van der Waals surface area (Å²) >= 11 is 7.21. The third kappa shape index (κ3) is 2.92. The summed E-state index contributed by atoms with van der Waals surface area (Å²) in [6.07, 6.45) is 0. The fraction of sp³-hybridized carbons (Fsp3) is 0.167. The van der Waals surface area contributed by atoms with Gasteiger partial charge in [0.25, 0.3) is 0 Å². The SMILES string of the molecule is CN(Cc1ccc(Cl)s1)S(=O)(=O)c1ccccc1. The molecule has 96 valence electrons. The van der Waals surface area contributed by atoms with Gasteiger partial charge >= 0.3 is 0 Å². The molecule has 0 atom stereocenters. The first-order chi connectivity index (χ1) is 8.50. The molecule has 0 spiro atoms. The Morgan fingerprint density at radius 3 is 2.39 bits per heavy atom. The van der Waals surface area contributed by atoms with Crippen molar-refractivity contribution in [2.24, 2.45) is 0 Å². The van der Waals surface area contributed by atoms with Crippen molar-refractivity contribution in [1.29, 1.82) is 0 Å². The van der Waals surface area contributed by atoms with Crippen molar-refractivity contribution in [3.8, 4) is 0 Å². The van der Waals surface area contributed by atoms with Crippen LogP contribution in [0.3, 0.4) is 0 Å². The molecule has 2 aromatic rings. The second-order valence-corrected chi connectivity index (χ2v) is 7.62. The maximum absolute atomic E-state index is 12.2. The Hall–Kier alpha value is -0.880. The van der Waals surface area contributed by atoms with Gasteiger partial charge in [0.15, 0.2) is 0 Å². The van der Waals surface area contributed by atoms with Crippen molar-refractivity contribution in [2.45, 2.75) is 11.4 Å². The van der Waals surface area contributed by atoms with E-state index >= 15 is 0 Å². The van der Waals surface area contributed by atoms with Crippen LogP contribution in [0.1, 0.15) is 4.88 Å². The van der Waals surface area contributed by atoms with E-state index in [1.165, 1.54) is 15.6 Å². The Labute approximate surface area is 116 Å². The average molecular weight is 302 g/mol. The molecule has 18 heavy (non-hydrogen) atoms. The summed E-state index contributed by atoms with van der Waals surface area (Å²) in [5, 5.41) is 0. The Bertz CT molecular complexity index is 623. The zero-order valence-electron chi connectivity index (χ0n) is 9.71. The molecule has 0 N–H and O–H groups in total. The monoisotopic (exact) mass is 301 g/mol. The van der Waals surface area contributed by atoms with E-state index < -0.39 is 10.0 Å². The Morgan fingerprint density at radius 2 is 1.83 bits per heavy atom. The maximum Gasteiger partial charge on any atom is 0.243 e. The van der Waals surface area contributed by atoms with E-state index in [9.17, 15) is 8.42 Å². The van der Waals surface area contributed by atoms with Crippen molar-refractivity contribution >= 4 is 33.0 Å². The van der Waals surface area contributed by atoms with E-state index in [0.717, 1.165) is 4.88 Å². The van der Waals surface area contributed by atoms with Gasteiger partial charge in [0, 0.05) is 18.5 Å². The van der Waals surface area contributed by atoms with Crippen molar-refractivity contribution in [1.82, 2.24) is 4.31 Å². The van der Waals surface area contributed by atoms with E-state index in [0.29, 0.717) is 15.8 Å². The Morgan fingerprint density at radius 1 is 1.17 bits per heavy atom. The number of halogens is 1. The zero-order chi connectivity index (χ0) is 13.2. The molecular formula is C12H12ClNO2S2. The highest BCUT2D eigenvalue weighted by molar-refractivity contribution is 7.89. The van der Waals surface area contributed by atoms with Crippen LogP contribution in [0.2, 0.25) is 4.34 Å². The standard InChI is InChI=1S/C12H12ClNO2S2/c1-14(9-10-7-8-12(13)17-10)18(15,16)11-5-3-2-4-6-11/h2-8H,9H2,1H3. The molecule has 0 aliphatic carbocycles. The van der Waals surface area contributed by atoms with Crippen LogP contribution in [0.4, 0.5) is 0 Å². The lowest BCUT2D eigenvalue weighted by Gasteiger charge is -2.16. The fourth-order valence-electron chi connectivity index (χ4n) is 1.51. The van der Waals surface area contributed by atoms with Gasteiger partial charge in [0.1, 0.15) is 0 Å². The minimum atomic E-state index is -3.43. The maximum atomic E-state index is 12.2. The first-order valence-corrected chi connectivity index (χ1v) is 7.89. The van der Waals surface area contributed by atoms with Gasteiger partial charge in [-0.2, -0.15) is 4.31 Å². The van der Waals surface area contributed by atoms with Gasteiger partial charge in [-0.05, 0) is 24.3 Å². The molecule has 1 heterocycles. The van der Waals surface area contributed by atoms with Gasteiger partial charge in [-0.1, -0.05) is 29.8 Å². The second kappa shape index (κ2) is 5.40. The second-order valence-electron chi connectivity index (χ2n) is 3.78. The minimum Gasteiger partial charge on any atom is -0.207 e. The molecule has 0 fully saturated rings. The average Bonchev–Trinajstić information content (AvgIpc) is 2.76. The third-order valence-corrected chi connectivity index (χ3v) is 5.49. The highest BCUT2D eigenvalue weighted by Gasteiger charge is 2.20. The van der Waals surface area contributed by atoms with Crippen LogP contribution in [0.25, 0.3) is 0 Å². The van der Waals surface area contributed by atoms with Crippen LogP contribution in [0.15, 0.2) is 47.4 Å². The smallest absolute Gasteiger partial charge is 0.207 e. The van der Waals surface area contributed by atoms with E-state index in [2.05, 4.69) is 0 Å². The lowest BCUT2D eigenvalue weighted by atomic mass is 10.4. The van der Waals surface area contributed by atoms with Crippen LogP contribution in [0, 0.1) is 0 Å². The van der Waals surface area contributed by atoms with E-state index in [1.54, 1.807) is 43.4 Å². The molecule has 1 aromatic heterocycles. The molecule has 0 radical (unpaired) electrons. The molecule has 0 aliphatic heterocycles. The quantitative estimate of drug-likeness (QED) is 0.869. The van der Waals surface area contributed by atoms with Gasteiger partial charge in [-0.25, -0.2) is 8.42 Å². The third-order valence-electron chi connectivity index (χ3n) is 2.46. The predicted octanol–water partition coefficient (Wildman–Crippen LogP) is 3.22. The van der Waals surface area contributed by atoms with Crippen LogP contribution in [-0.2, 0) is 16.6 Å². The normalized spacial score (nSPS) is 11.9. The molecule has 0 amide bonds. The Kier molecular flexibility index (Phi) is 4.07. The van der Waals surface area contributed by atoms with E-state index in [-0.39, 0.29) is 0 Å². The number of rotatable bonds is 4. The number of hydrogen-bond acceptors (Lipinski definition) is 3. The summed E-state index contributed by atoms with van der Waals surface area (Å²) in [5.41, 5.74) is 0. The van der Waals surface area contributed by atoms with Crippen LogP contribution >= 0.6 is 22.9 Å². The van der Waals surface area contributed by atoms with Gasteiger partial charge in [0.05, 0.1) is 9.23 Å². The molecule has 3 nitrogen and oxygen atoms in total. The first-order valence-electron chi connectivity index (χ1n) is 5.26. The summed E-state index contributed by atoms with van der Waals surface area (Å²) in [7, 11) is -1.87. The number of nitrogens with zero attached hydrogens (tertiary/aromatic N) is 1. The zero-order valence-corrected chi connectivity index (χ0v) is 12.1. The number of thiophene rings is 1. The molecule has 1 aromatic carbocycles. The van der Waals surface area contributed by atoms with Gasteiger partial charge in [-0.3, -0.25) is 0 Å². The predicted molar refractivity (Wildman–Crippen MR) is 74.4 cm³/mol. The molecular weight excluding hydrogens is 290 g/mol. The number of sulfonamides is 1. The van der Waals surface area contributed by atoms with Crippen LogP contribution in [0.5, 0.6) is 0 Å². The van der Waals surface area contributed by atoms with Gasteiger partial charge < -0.3 is 0 Å². The molecule has 0 saturated carbocycles. The lowest BCUT2D eigenvalue weighted by Crippen LogP contribution is -2.26. The van der Waals surface area contributed by atoms with Gasteiger partial charge in [0.2, 0.25) is 10.0 Å². The summed E-state index contributed by atoms with van der Waals surface area (Å²) in [6, 6.07) is 12.0. The topological polar surface area (TPSA) is 37.4 Å². The molecule has 0 saturated heterocycles. The van der Waals surface area contributed by atoms with E-state index in [1.807, 2.05) is 6.07 Å². The highest BCUT2D eigenvalue weighted by atomic mass is 35.5. The van der Waals surface area contributed by atoms with Crippen LogP contribution < -0.4 is 0 Å². The van der Waals surface area contributed by atoms with Crippen molar-refractivity contribution < 1.29 is 8.42 Å². The fourth-order valence-corrected chi connectivity index (χ4v) is 3.91. The lowest BCUT2D eigenvalue weighted by molar-refractivity contribution is 0.469.